The average Bonchev–Trinajstić information content (AvgIpc) is 2.26. The highest BCUT2D eigenvalue weighted by atomic mass is 16.5. The zero-order chi connectivity index (χ0) is 11.7. The summed E-state index contributed by atoms with van der Waals surface area (Å²) in [4.78, 5) is 23.2. The highest BCUT2D eigenvalue weighted by molar-refractivity contribution is 6.27. The summed E-state index contributed by atoms with van der Waals surface area (Å²) in [6.07, 6.45) is 3.38. The Morgan fingerprint density at radius 2 is 1.88 bits per heavy atom. The van der Waals surface area contributed by atoms with Gasteiger partial charge in [0.25, 0.3) is 0 Å². The molecule has 0 heterocycles. The lowest BCUT2D eigenvalue weighted by Crippen LogP contribution is -2.48. The van der Waals surface area contributed by atoms with Crippen LogP contribution in [0.3, 0.4) is 0 Å². The molecule has 0 aromatic carbocycles. The van der Waals surface area contributed by atoms with Gasteiger partial charge in [-0.2, -0.15) is 0 Å². The Balaban J connectivity index is 2.03. The Morgan fingerprint density at radius 1 is 1.25 bits per heavy atom. The van der Waals surface area contributed by atoms with Crippen molar-refractivity contribution in [1.82, 2.24) is 0 Å². The van der Waals surface area contributed by atoms with Crippen molar-refractivity contribution >= 4 is 18.0 Å². The quantitative estimate of drug-likeness (QED) is 0.579. The summed E-state index contributed by atoms with van der Waals surface area (Å²) >= 11 is 0. The van der Waals surface area contributed by atoms with Gasteiger partial charge in [-0.1, -0.05) is 0 Å². The zero-order valence-corrected chi connectivity index (χ0v) is 9.44. The zero-order valence-electron chi connectivity index (χ0n) is 9.44. The maximum atomic E-state index is 11.7. The normalized spacial score (nSPS) is 36.1. The Bertz CT molecular complexity index is 320. The maximum absolute atomic E-state index is 11.7. The van der Waals surface area contributed by atoms with Gasteiger partial charge in [0.15, 0.2) is 5.78 Å². The highest BCUT2D eigenvalue weighted by Gasteiger charge is 2.50. The largest absolute Gasteiger partial charge is 0.466 e. The van der Waals surface area contributed by atoms with E-state index in [0.29, 0.717) is 24.9 Å². The van der Waals surface area contributed by atoms with Gasteiger partial charge in [-0.05, 0) is 38.0 Å². The lowest BCUT2D eigenvalue weighted by atomic mass is 9.54. The molecule has 16 heavy (non-hydrogen) atoms. The number of ketones is 1. The summed E-state index contributed by atoms with van der Waals surface area (Å²) < 4.78 is 5.03. The molecule has 3 rings (SSSR count). The molecule has 4 nitrogen and oxygen atoms in total. The van der Waals surface area contributed by atoms with Gasteiger partial charge >= 0.3 is 5.97 Å². The summed E-state index contributed by atoms with van der Waals surface area (Å²) in [6, 6.07) is 0. The van der Waals surface area contributed by atoms with Gasteiger partial charge in [-0.3, -0.25) is 9.59 Å². The van der Waals surface area contributed by atoms with Crippen LogP contribution in [0.1, 0.15) is 26.2 Å². The first-order valence-electron chi connectivity index (χ1n) is 5.88. The van der Waals surface area contributed by atoms with E-state index in [-0.39, 0.29) is 23.6 Å². The first-order valence-corrected chi connectivity index (χ1v) is 5.88. The van der Waals surface area contributed by atoms with Crippen molar-refractivity contribution in [2.24, 2.45) is 23.7 Å². The fraction of sp³-hybridized carbons (Fsp3) is 0.750. The maximum Gasteiger partial charge on any atom is 0.309 e. The van der Waals surface area contributed by atoms with Crippen LogP contribution in [-0.2, 0) is 14.3 Å². The standard InChI is InChI=1S/C12H17NO3/c1-2-16-12(15)10-5-9(11(14)6-13)7-3-8(10)4-7/h6-10,13H,2-5H2,1H3. The fourth-order valence-corrected chi connectivity index (χ4v) is 3.02. The Morgan fingerprint density at radius 3 is 2.44 bits per heavy atom. The van der Waals surface area contributed by atoms with Crippen LogP contribution >= 0.6 is 0 Å². The predicted molar refractivity (Wildman–Crippen MR) is 58.2 cm³/mol. The molecule has 0 amide bonds. The lowest BCUT2D eigenvalue weighted by molar-refractivity contribution is -0.159. The van der Waals surface area contributed by atoms with Crippen LogP contribution < -0.4 is 0 Å². The van der Waals surface area contributed by atoms with Crippen LogP contribution in [0.4, 0.5) is 0 Å². The van der Waals surface area contributed by atoms with Crippen LogP contribution in [0.2, 0.25) is 0 Å². The van der Waals surface area contributed by atoms with Crippen molar-refractivity contribution in [3.63, 3.8) is 0 Å². The summed E-state index contributed by atoms with van der Waals surface area (Å²) in [5.74, 6) is 0.310. The van der Waals surface area contributed by atoms with Crippen molar-refractivity contribution in [3.8, 4) is 0 Å². The molecule has 3 aliphatic carbocycles. The van der Waals surface area contributed by atoms with Gasteiger partial charge in [0.1, 0.15) is 0 Å². The third-order valence-electron chi connectivity index (χ3n) is 3.95. The summed E-state index contributed by atoms with van der Waals surface area (Å²) in [6.45, 7) is 2.19. The number of fused-ring (bicyclic) bond motifs is 2. The summed E-state index contributed by atoms with van der Waals surface area (Å²) in [5.41, 5.74) is 0. The fourth-order valence-electron chi connectivity index (χ4n) is 3.02. The number of esters is 1. The van der Waals surface area contributed by atoms with E-state index in [2.05, 4.69) is 0 Å². The number of hydrogen-bond donors (Lipinski definition) is 1. The molecule has 0 aromatic heterocycles. The molecule has 0 aromatic rings. The predicted octanol–water partition coefficient (Wildman–Crippen LogP) is 1.43. The number of rotatable bonds is 4. The SMILES string of the molecule is CCOC(=O)C1CC(C(=O)C=N)C2CC1C2. The van der Waals surface area contributed by atoms with E-state index in [9.17, 15) is 9.59 Å². The molecule has 1 N–H and O–H groups in total. The van der Waals surface area contributed by atoms with Gasteiger partial charge < -0.3 is 10.1 Å². The van der Waals surface area contributed by atoms with E-state index in [0.717, 1.165) is 19.1 Å². The molecule has 2 atom stereocenters. The molecule has 4 heteroatoms. The molecular formula is C12H17NO3. The van der Waals surface area contributed by atoms with E-state index >= 15 is 0 Å². The summed E-state index contributed by atoms with van der Waals surface area (Å²) in [7, 11) is 0. The van der Waals surface area contributed by atoms with E-state index < -0.39 is 0 Å². The van der Waals surface area contributed by atoms with Crippen molar-refractivity contribution in [2.75, 3.05) is 6.61 Å². The second-order valence-electron chi connectivity index (χ2n) is 4.74. The lowest BCUT2D eigenvalue weighted by Gasteiger charge is -2.49. The van der Waals surface area contributed by atoms with E-state index in [1.807, 2.05) is 0 Å². The highest BCUT2D eigenvalue weighted by Crippen LogP contribution is 2.52. The minimum Gasteiger partial charge on any atom is -0.466 e. The van der Waals surface area contributed by atoms with Crippen LogP contribution in [0.5, 0.6) is 0 Å². The topological polar surface area (TPSA) is 67.2 Å². The molecule has 3 saturated carbocycles. The van der Waals surface area contributed by atoms with Crippen molar-refractivity contribution in [2.45, 2.75) is 26.2 Å². The van der Waals surface area contributed by atoms with Crippen LogP contribution in [0.15, 0.2) is 0 Å². The van der Waals surface area contributed by atoms with Crippen molar-refractivity contribution < 1.29 is 14.3 Å². The van der Waals surface area contributed by atoms with Gasteiger partial charge in [0, 0.05) is 5.92 Å². The number of nitrogens with one attached hydrogen (secondary N) is 1. The molecule has 88 valence electrons. The Labute approximate surface area is 94.9 Å². The van der Waals surface area contributed by atoms with Gasteiger partial charge in [0.05, 0.1) is 18.7 Å². The van der Waals surface area contributed by atoms with Crippen LogP contribution in [0.25, 0.3) is 0 Å². The molecule has 0 spiro atoms. The molecular weight excluding hydrogens is 206 g/mol. The number of hydrogen-bond acceptors (Lipinski definition) is 4. The number of carbonyl (C=O) groups is 2. The first-order chi connectivity index (χ1) is 7.67. The number of Topliss-reactive ketones (excluding diaryl/α,β-unsaturated/α-hetero) is 1. The molecule has 2 bridgehead atoms. The Hall–Kier alpha value is -1.19. The molecule has 0 radical (unpaired) electrons. The number of ether oxygens (including phenoxy) is 1. The molecule has 0 saturated heterocycles. The minimum absolute atomic E-state index is 0.112. The molecule has 3 aliphatic rings. The van der Waals surface area contributed by atoms with Gasteiger partial charge in [0.2, 0.25) is 0 Å². The smallest absolute Gasteiger partial charge is 0.309 e. The average molecular weight is 223 g/mol. The van der Waals surface area contributed by atoms with E-state index in [1.54, 1.807) is 6.92 Å². The monoisotopic (exact) mass is 223 g/mol. The third-order valence-corrected chi connectivity index (χ3v) is 3.95. The molecule has 0 aliphatic heterocycles. The second-order valence-corrected chi connectivity index (χ2v) is 4.74. The van der Waals surface area contributed by atoms with E-state index in [4.69, 9.17) is 10.1 Å². The van der Waals surface area contributed by atoms with Crippen molar-refractivity contribution in [1.29, 1.82) is 5.41 Å². The number of carbonyl (C=O) groups excluding carboxylic acids is 2. The Kier molecular flexibility index (Phi) is 3.08. The minimum atomic E-state index is -0.159. The summed E-state index contributed by atoms with van der Waals surface area (Å²) in [5, 5.41) is 7.02. The second kappa shape index (κ2) is 4.36. The first kappa shape index (κ1) is 11.3. The van der Waals surface area contributed by atoms with Crippen molar-refractivity contribution in [3.05, 3.63) is 0 Å². The van der Waals surface area contributed by atoms with Gasteiger partial charge in [-0.25, -0.2) is 0 Å². The van der Waals surface area contributed by atoms with E-state index in [1.165, 1.54) is 0 Å². The third kappa shape index (κ3) is 1.77. The van der Waals surface area contributed by atoms with Crippen LogP contribution in [-0.4, -0.2) is 24.6 Å². The molecule has 2 unspecified atom stereocenters. The van der Waals surface area contributed by atoms with Gasteiger partial charge in [-0.15, -0.1) is 0 Å². The molecule has 3 fully saturated rings. The van der Waals surface area contributed by atoms with Crippen LogP contribution in [0, 0.1) is 29.1 Å².